The van der Waals surface area contributed by atoms with Gasteiger partial charge in [0.15, 0.2) is 0 Å². The third-order valence-corrected chi connectivity index (χ3v) is 6.83. The van der Waals surface area contributed by atoms with Crippen molar-refractivity contribution in [1.82, 2.24) is 0 Å². The van der Waals surface area contributed by atoms with E-state index in [1.165, 1.54) is 38.3 Å². The molecule has 3 nitrogen and oxygen atoms in total. The van der Waals surface area contributed by atoms with Crippen LogP contribution in [0.4, 0.5) is 0 Å². The van der Waals surface area contributed by atoms with Crippen molar-refractivity contribution < 1.29 is 0 Å². The first kappa shape index (κ1) is 27.9. The van der Waals surface area contributed by atoms with Gasteiger partial charge in [0.25, 0.3) is 0 Å². The van der Waals surface area contributed by atoms with Crippen LogP contribution in [0.1, 0.15) is 16.7 Å². The summed E-state index contributed by atoms with van der Waals surface area (Å²) in [7, 11) is 0. The van der Waals surface area contributed by atoms with Crippen LogP contribution in [0.25, 0.3) is 11.1 Å². The summed E-state index contributed by atoms with van der Waals surface area (Å²) < 4.78 is 0. The van der Waals surface area contributed by atoms with Gasteiger partial charge < -0.3 is 5.73 Å². The molecule has 5 rings (SSSR count). The smallest absolute Gasteiger partial charge is 0.0178 e. The minimum atomic E-state index is 0.606. The molecule has 1 heterocycles. The lowest BCUT2D eigenvalue weighted by atomic mass is 9.98. The zero-order valence-electron chi connectivity index (χ0n) is 21.1. The fourth-order valence-electron chi connectivity index (χ4n) is 3.96. The Morgan fingerprint density at radius 1 is 0.676 bits per heavy atom. The first-order valence-electron chi connectivity index (χ1n) is 12.2. The van der Waals surface area contributed by atoms with Gasteiger partial charge in [0.2, 0.25) is 0 Å². The van der Waals surface area contributed by atoms with Crippen molar-refractivity contribution in [2.75, 3.05) is 0 Å². The standard InChI is InChI=1S/C20H18S.C13H13N.H4N2/c1-16-8-7-11-18(14-17-9-3-2-4-10-17)15-19-12-5-6-13-20(19)21-16;14-10-11-6-8-13(9-7-11)12-4-2-1-3-5-12;1-2/h2-13H,1,14-15H2;1-9H,10,14H2;1-2H2/b8-7-,18-11-;;. The lowest BCUT2D eigenvalue weighted by molar-refractivity contribution is 1.01. The van der Waals surface area contributed by atoms with Gasteiger partial charge in [-0.3, -0.25) is 11.7 Å². The first-order chi connectivity index (χ1) is 18.2. The molecule has 0 unspecified atom stereocenters. The van der Waals surface area contributed by atoms with Gasteiger partial charge in [-0.1, -0.05) is 139 Å². The fraction of sp³-hybridized carbons (Fsp3) is 0.0909. The number of allylic oxidation sites excluding steroid dienone is 4. The summed E-state index contributed by atoms with van der Waals surface area (Å²) >= 11 is 1.75. The molecule has 0 aromatic heterocycles. The van der Waals surface area contributed by atoms with Crippen molar-refractivity contribution in [2.24, 2.45) is 17.4 Å². The number of benzene rings is 4. The first-order valence-corrected chi connectivity index (χ1v) is 13.1. The molecule has 0 aliphatic carbocycles. The maximum atomic E-state index is 5.54. The van der Waals surface area contributed by atoms with Gasteiger partial charge in [-0.25, -0.2) is 0 Å². The Kier molecular flexibility index (Phi) is 11.6. The summed E-state index contributed by atoms with van der Waals surface area (Å²) in [6, 6.07) is 38.0. The molecule has 188 valence electrons. The molecule has 4 aromatic rings. The Morgan fingerprint density at radius 3 is 1.95 bits per heavy atom. The van der Waals surface area contributed by atoms with Gasteiger partial charge in [-0.05, 0) is 52.8 Å². The Labute approximate surface area is 225 Å². The second kappa shape index (κ2) is 15.4. The molecule has 6 N–H and O–H groups in total. The van der Waals surface area contributed by atoms with E-state index in [2.05, 4.69) is 127 Å². The van der Waals surface area contributed by atoms with E-state index in [1.807, 2.05) is 18.2 Å². The number of fused-ring (bicyclic) bond motifs is 1. The van der Waals surface area contributed by atoms with Crippen molar-refractivity contribution in [3.05, 3.63) is 161 Å². The molecule has 0 saturated carbocycles. The van der Waals surface area contributed by atoms with Crippen LogP contribution in [0, 0.1) is 0 Å². The fourth-order valence-corrected chi connectivity index (χ4v) is 4.81. The Morgan fingerprint density at radius 2 is 1.27 bits per heavy atom. The van der Waals surface area contributed by atoms with Gasteiger partial charge in [0, 0.05) is 16.3 Å². The van der Waals surface area contributed by atoms with E-state index in [1.54, 1.807) is 11.8 Å². The van der Waals surface area contributed by atoms with Crippen molar-refractivity contribution in [1.29, 1.82) is 0 Å². The van der Waals surface area contributed by atoms with Crippen LogP contribution in [0.3, 0.4) is 0 Å². The van der Waals surface area contributed by atoms with Crippen molar-refractivity contribution in [3.63, 3.8) is 0 Å². The largest absolute Gasteiger partial charge is 0.326 e. The summed E-state index contributed by atoms with van der Waals surface area (Å²) in [4.78, 5) is 2.40. The van der Waals surface area contributed by atoms with Crippen LogP contribution in [0.15, 0.2) is 149 Å². The van der Waals surface area contributed by atoms with Gasteiger partial charge in [0.1, 0.15) is 0 Å². The van der Waals surface area contributed by atoms with E-state index < -0.39 is 0 Å². The van der Waals surface area contributed by atoms with Crippen molar-refractivity contribution in [2.45, 2.75) is 24.3 Å². The normalized spacial score (nSPS) is 14.6. The highest BCUT2D eigenvalue weighted by molar-refractivity contribution is 8.03. The zero-order chi connectivity index (χ0) is 26.3. The molecule has 0 atom stereocenters. The predicted octanol–water partition coefficient (Wildman–Crippen LogP) is 7.20. The highest BCUT2D eigenvalue weighted by Gasteiger charge is 2.08. The van der Waals surface area contributed by atoms with Crippen LogP contribution >= 0.6 is 11.8 Å². The SMILES string of the molecule is C=C1/C=C\C=C(\Cc2ccccc2)Cc2ccccc2S1.NCc1ccc(-c2ccccc2)cc1.NN. The van der Waals surface area contributed by atoms with Gasteiger partial charge in [0.05, 0.1) is 0 Å². The average Bonchev–Trinajstić information content (AvgIpc) is 3.04. The summed E-state index contributed by atoms with van der Waals surface area (Å²) in [6.45, 7) is 4.72. The highest BCUT2D eigenvalue weighted by atomic mass is 32.2. The van der Waals surface area contributed by atoms with E-state index in [-0.39, 0.29) is 0 Å². The van der Waals surface area contributed by atoms with Gasteiger partial charge >= 0.3 is 0 Å². The molecule has 1 aliphatic rings. The molecule has 37 heavy (non-hydrogen) atoms. The minimum Gasteiger partial charge on any atom is -0.326 e. The van der Waals surface area contributed by atoms with Crippen LogP contribution < -0.4 is 17.4 Å². The second-order valence-electron chi connectivity index (χ2n) is 8.47. The van der Waals surface area contributed by atoms with Crippen molar-refractivity contribution in [3.8, 4) is 11.1 Å². The summed E-state index contributed by atoms with van der Waals surface area (Å²) in [5, 5.41) is 0. The van der Waals surface area contributed by atoms with E-state index >= 15 is 0 Å². The third kappa shape index (κ3) is 9.05. The topological polar surface area (TPSA) is 78.1 Å². The van der Waals surface area contributed by atoms with E-state index in [0.29, 0.717) is 6.54 Å². The molecule has 0 radical (unpaired) electrons. The Balaban J connectivity index is 0.000000207. The van der Waals surface area contributed by atoms with E-state index in [0.717, 1.165) is 17.7 Å². The number of hydrogen-bond acceptors (Lipinski definition) is 4. The molecule has 0 fully saturated rings. The van der Waals surface area contributed by atoms with Crippen molar-refractivity contribution >= 4 is 11.8 Å². The summed E-state index contributed by atoms with van der Waals surface area (Å²) in [5.41, 5.74) is 13.4. The molecule has 1 aliphatic heterocycles. The molecular formula is C33H35N3S. The number of hydrogen-bond donors (Lipinski definition) is 3. The molecule has 0 spiro atoms. The predicted molar refractivity (Wildman–Crippen MR) is 161 cm³/mol. The van der Waals surface area contributed by atoms with Crippen LogP contribution in [-0.4, -0.2) is 0 Å². The molecule has 4 heteroatoms. The number of hydrazine groups is 1. The molecule has 0 amide bonds. The number of thioether (sulfide) groups is 1. The molecular weight excluding hydrogens is 470 g/mol. The summed E-state index contributed by atoms with van der Waals surface area (Å²) in [6.07, 6.45) is 8.45. The van der Waals surface area contributed by atoms with E-state index in [9.17, 15) is 0 Å². The lowest BCUT2D eigenvalue weighted by Crippen LogP contribution is -2.02. The van der Waals surface area contributed by atoms with Crippen LogP contribution in [-0.2, 0) is 19.4 Å². The van der Waals surface area contributed by atoms with Gasteiger partial charge in [-0.2, -0.15) is 0 Å². The lowest BCUT2D eigenvalue weighted by Gasteiger charge is -2.11. The quantitative estimate of drug-likeness (QED) is 0.202. The highest BCUT2D eigenvalue weighted by Crippen LogP contribution is 2.32. The average molecular weight is 506 g/mol. The molecule has 0 saturated heterocycles. The minimum absolute atomic E-state index is 0.606. The third-order valence-electron chi connectivity index (χ3n) is 5.82. The Bertz CT molecular complexity index is 1290. The number of nitrogens with two attached hydrogens (primary N) is 3. The maximum absolute atomic E-state index is 5.54. The maximum Gasteiger partial charge on any atom is 0.0178 e. The zero-order valence-corrected chi connectivity index (χ0v) is 21.9. The monoisotopic (exact) mass is 505 g/mol. The Hall–Kier alpha value is -3.67. The summed E-state index contributed by atoms with van der Waals surface area (Å²) in [5.74, 6) is 8.00. The van der Waals surface area contributed by atoms with E-state index in [4.69, 9.17) is 5.73 Å². The molecule has 0 bridgehead atoms. The second-order valence-corrected chi connectivity index (χ2v) is 9.63. The number of rotatable bonds is 4. The molecule has 4 aromatic carbocycles. The van der Waals surface area contributed by atoms with Crippen LogP contribution in [0.2, 0.25) is 0 Å². The van der Waals surface area contributed by atoms with Gasteiger partial charge in [-0.15, -0.1) is 0 Å². The van der Waals surface area contributed by atoms with Crippen LogP contribution in [0.5, 0.6) is 0 Å².